The van der Waals surface area contributed by atoms with Gasteiger partial charge in [0.2, 0.25) is 5.91 Å². The number of aryl methyl sites for hydroxylation is 2. The normalized spacial score (nSPS) is 12.0. The van der Waals surface area contributed by atoms with Gasteiger partial charge in [0, 0.05) is 13.0 Å². The molecule has 0 unspecified atom stereocenters. The van der Waals surface area contributed by atoms with E-state index in [0.29, 0.717) is 6.54 Å². The lowest BCUT2D eigenvalue weighted by molar-refractivity contribution is -0.121. The van der Waals surface area contributed by atoms with Crippen molar-refractivity contribution in [2.75, 3.05) is 7.11 Å². The van der Waals surface area contributed by atoms with Crippen LogP contribution in [-0.2, 0) is 17.8 Å². The van der Waals surface area contributed by atoms with Crippen molar-refractivity contribution in [2.24, 2.45) is 0 Å². The van der Waals surface area contributed by atoms with Crippen LogP contribution in [0.4, 0.5) is 0 Å². The average Bonchev–Trinajstić information content (AvgIpc) is 3.10. The lowest BCUT2D eigenvalue weighted by Gasteiger charge is -2.19. The number of ether oxygens (including phenoxy) is 1. The van der Waals surface area contributed by atoms with Crippen molar-refractivity contribution >= 4 is 24.1 Å². The number of nitrogens with zero attached hydrogens (tertiary/aromatic N) is 2. The maximum absolute atomic E-state index is 12.4. The summed E-state index contributed by atoms with van der Waals surface area (Å²) >= 11 is 0. The number of carbonyl (C=O) groups is 1. The third-order valence-electron chi connectivity index (χ3n) is 4.74. The van der Waals surface area contributed by atoms with Crippen molar-refractivity contribution < 1.29 is 19.6 Å². The van der Waals surface area contributed by atoms with Gasteiger partial charge in [-0.15, -0.1) is 0 Å². The minimum Gasteiger partial charge on any atom is -0.496 e. The van der Waals surface area contributed by atoms with Crippen LogP contribution in [0.1, 0.15) is 17.5 Å². The van der Waals surface area contributed by atoms with Crippen LogP contribution in [0.3, 0.4) is 0 Å². The van der Waals surface area contributed by atoms with Crippen LogP contribution in [0.5, 0.6) is 5.75 Å². The van der Waals surface area contributed by atoms with E-state index in [4.69, 9.17) is 4.74 Å². The van der Waals surface area contributed by atoms with Crippen LogP contribution in [-0.4, -0.2) is 45.7 Å². The quantitative estimate of drug-likeness (QED) is 0.514. The Morgan fingerprint density at radius 2 is 2.07 bits per heavy atom. The first-order chi connectivity index (χ1) is 13.5. The summed E-state index contributed by atoms with van der Waals surface area (Å²) in [6.45, 7) is 2.39. The number of amides is 1. The van der Waals surface area contributed by atoms with Crippen molar-refractivity contribution in [3.8, 4) is 5.75 Å². The number of carbonyl (C=O) groups excluding carboxylic acids is 1. The van der Waals surface area contributed by atoms with Crippen LogP contribution >= 0.6 is 0 Å². The molecule has 1 atom stereocenters. The van der Waals surface area contributed by atoms with Crippen molar-refractivity contribution in [2.45, 2.75) is 32.3 Å². The number of nitrogens with one attached hydrogen (secondary N) is 1. The highest BCUT2D eigenvalue weighted by molar-refractivity contribution is 6.43. The summed E-state index contributed by atoms with van der Waals surface area (Å²) in [5.41, 5.74) is 3.67. The van der Waals surface area contributed by atoms with E-state index in [2.05, 4.69) is 10.3 Å². The van der Waals surface area contributed by atoms with Gasteiger partial charge in [-0.3, -0.25) is 4.79 Å². The van der Waals surface area contributed by atoms with E-state index in [9.17, 15) is 14.8 Å². The molecule has 8 heteroatoms. The van der Waals surface area contributed by atoms with E-state index < -0.39 is 13.1 Å². The molecule has 1 amide bonds. The average molecular weight is 381 g/mol. The van der Waals surface area contributed by atoms with E-state index in [-0.39, 0.29) is 18.7 Å². The maximum atomic E-state index is 12.4. The standard InChI is InChI=1S/C20H24BN3O4/c1-14-7-8-15(11-18(14)28-2)12-19(21(26)27)23-20(25)9-10-24-13-22-16-5-3-4-6-17(16)24/h3-8,11,13,19,26-27H,9-10,12H2,1-2H3,(H,23,25)/t19-/m0/s1. The Bertz CT molecular complexity index is 958. The Morgan fingerprint density at radius 1 is 1.29 bits per heavy atom. The first-order valence-corrected chi connectivity index (χ1v) is 9.17. The third kappa shape index (κ3) is 4.71. The van der Waals surface area contributed by atoms with Gasteiger partial charge >= 0.3 is 7.12 Å². The fourth-order valence-corrected chi connectivity index (χ4v) is 3.17. The minimum absolute atomic E-state index is 0.209. The first kappa shape index (κ1) is 19.9. The molecule has 7 nitrogen and oxygen atoms in total. The van der Waals surface area contributed by atoms with Crippen LogP contribution < -0.4 is 10.1 Å². The van der Waals surface area contributed by atoms with E-state index >= 15 is 0 Å². The number of rotatable bonds is 8. The number of hydrogen-bond donors (Lipinski definition) is 3. The molecule has 0 fully saturated rings. The number of fused-ring (bicyclic) bond motifs is 1. The summed E-state index contributed by atoms with van der Waals surface area (Å²) in [6.07, 6.45) is 2.20. The predicted octanol–water partition coefficient (Wildman–Crippen LogP) is 1.48. The van der Waals surface area contributed by atoms with Gasteiger partial charge < -0.3 is 24.7 Å². The molecule has 3 rings (SSSR count). The fraction of sp³-hybridized carbons (Fsp3) is 0.300. The maximum Gasteiger partial charge on any atom is 0.475 e. The second-order valence-corrected chi connectivity index (χ2v) is 6.77. The number of methoxy groups -OCH3 is 1. The monoisotopic (exact) mass is 381 g/mol. The number of para-hydroxylation sites is 2. The van der Waals surface area contributed by atoms with Crippen molar-refractivity contribution in [1.82, 2.24) is 14.9 Å². The van der Waals surface area contributed by atoms with Gasteiger partial charge in [0.05, 0.1) is 30.4 Å². The number of hydrogen-bond acceptors (Lipinski definition) is 5. The molecule has 1 heterocycles. The molecule has 28 heavy (non-hydrogen) atoms. The SMILES string of the molecule is COc1cc(C[C@H](NC(=O)CCn2cnc3ccccc32)B(O)O)ccc1C. The molecule has 0 aliphatic heterocycles. The molecule has 0 saturated heterocycles. The van der Waals surface area contributed by atoms with Gasteiger partial charge in [-0.25, -0.2) is 4.98 Å². The molecular weight excluding hydrogens is 357 g/mol. The summed E-state index contributed by atoms with van der Waals surface area (Å²) in [5.74, 6) is -0.337. The van der Waals surface area contributed by atoms with E-state index in [1.54, 1.807) is 13.4 Å². The zero-order valence-electron chi connectivity index (χ0n) is 16.0. The van der Waals surface area contributed by atoms with E-state index in [1.165, 1.54) is 0 Å². The molecule has 0 saturated carbocycles. The second kappa shape index (κ2) is 8.90. The molecule has 0 radical (unpaired) electrons. The minimum atomic E-state index is -1.66. The van der Waals surface area contributed by atoms with Crippen LogP contribution in [0.15, 0.2) is 48.8 Å². The molecule has 146 valence electrons. The predicted molar refractivity (Wildman–Crippen MR) is 108 cm³/mol. The second-order valence-electron chi connectivity index (χ2n) is 6.77. The van der Waals surface area contributed by atoms with E-state index in [0.717, 1.165) is 27.9 Å². The summed E-state index contributed by atoms with van der Waals surface area (Å²) in [7, 11) is -0.0724. The van der Waals surface area contributed by atoms with Crippen molar-refractivity contribution in [1.29, 1.82) is 0 Å². The molecule has 0 bridgehead atoms. The highest BCUT2D eigenvalue weighted by atomic mass is 16.5. The summed E-state index contributed by atoms with van der Waals surface area (Å²) in [6, 6.07) is 13.3. The van der Waals surface area contributed by atoms with E-state index in [1.807, 2.05) is 54.0 Å². The Hall–Kier alpha value is -2.84. The van der Waals surface area contributed by atoms with Gasteiger partial charge in [0.25, 0.3) is 0 Å². The molecule has 0 aliphatic rings. The Morgan fingerprint density at radius 3 is 2.82 bits per heavy atom. The Labute approximate surface area is 164 Å². The zero-order chi connectivity index (χ0) is 20.1. The molecular formula is C20H24BN3O4. The lowest BCUT2D eigenvalue weighted by atomic mass is 9.75. The number of aromatic nitrogens is 2. The van der Waals surface area contributed by atoms with Crippen LogP contribution in [0.25, 0.3) is 11.0 Å². The molecule has 1 aromatic heterocycles. The number of imidazole rings is 1. The van der Waals surface area contributed by atoms with Crippen molar-refractivity contribution in [3.63, 3.8) is 0 Å². The van der Waals surface area contributed by atoms with Gasteiger partial charge in [-0.1, -0.05) is 24.3 Å². The smallest absolute Gasteiger partial charge is 0.475 e. The van der Waals surface area contributed by atoms with Gasteiger partial charge in [0.1, 0.15) is 5.75 Å². The topological polar surface area (TPSA) is 96.6 Å². The van der Waals surface area contributed by atoms with Gasteiger partial charge in [0.15, 0.2) is 0 Å². The van der Waals surface area contributed by atoms with Gasteiger partial charge in [-0.2, -0.15) is 0 Å². The van der Waals surface area contributed by atoms with Gasteiger partial charge in [-0.05, 0) is 42.7 Å². The summed E-state index contributed by atoms with van der Waals surface area (Å²) < 4.78 is 7.21. The molecule has 0 aliphatic carbocycles. The molecule has 2 aromatic carbocycles. The highest BCUT2D eigenvalue weighted by Gasteiger charge is 2.25. The lowest BCUT2D eigenvalue weighted by Crippen LogP contribution is -2.48. The molecule has 3 aromatic rings. The first-order valence-electron chi connectivity index (χ1n) is 9.17. The highest BCUT2D eigenvalue weighted by Crippen LogP contribution is 2.20. The van der Waals surface area contributed by atoms with Crippen molar-refractivity contribution in [3.05, 3.63) is 59.9 Å². The largest absolute Gasteiger partial charge is 0.496 e. The fourth-order valence-electron chi connectivity index (χ4n) is 3.17. The Balaban J connectivity index is 1.61. The molecule has 3 N–H and O–H groups in total. The summed E-state index contributed by atoms with van der Waals surface area (Å²) in [5, 5.41) is 22.1. The zero-order valence-corrected chi connectivity index (χ0v) is 16.0. The van der Waals surface area contributed by atoms with Crippen LogP contribution in [0.2, 0.25) is 0 Å². The Kier molecular flexibility index (Phi) is 6.33. The summed E-state index contributed by atoms with van der Waals surface area (Å²) in [4.78, 5) is 16.7. The number of benzene rings is 2. The third-order valence-corrected chi connectivity index (χ3v) is 4.74. The van der Waals surface area contributed by atoms with Crippen LogP contribution in [0, 0.1) is 6.92 Å². The molecule has 0 spiro atoms.